The smallest absolute Gasteiger partial charge is 0.328 e. The van der Waals surface area contributed by atoms with Crippen LogP contribution in [0.1, 0.15) is 17.3 Å². The van der Waals surface area contributed by atoms with Crippen molar-refractivity contribution in [1.29, 1.82) is 0 Å². The Morgan fingerprint density at radius 1 is 1.35 bits per heavy atom. The van der Waals surface area contributed by atoms with Crippen molar-refractivity contribution in [2.75, 3.05) is 12.1 Å². The van der Waals surface area contributed by atoms with Gasteiger partial charge in [0.15, 0.2) is 6.04 Å². The Hall–Kier alpha value is -2.90. The molecule has 0 saturated carbocycles. The molecule has 2 N–H and O–H groups in total. The lowest BCUT2D eigenvalue weighted by molar-refractivity contribution is -0.139. The highest BCUT2D eigenvalue weighted by Gasteiger charge is 2.35. The van der Waals surface area contributed by atoms with Crippen molar-refractivity contribution in [2.45, 2.75) is 12.6 Å². The molecule has 1 aliphatic rings. The number of aliphatic carboxylic acids is 1. The van der Waals surface area contributed by atoms with Crippen molar-refractivity contribution in [2.24, 2.45) is 0 Å². The maximum absolute atomic E-state index is 11.6. The lowest BCUT2D eigenvalue weighted by Crippen LogP contribution is -2.36. The number of halogens is 1. The lowest BCUT2D eigenvalue weighted by Gasteiger charge is -2.20. The molecule has 0 bridgehead atoms. The summed E-state index contributed by atoms with van der Waals surface area (Å²) in [5.41, 5.74) is 5.97. The topological polar surface area (TPSA) is 87.6 Å². The fourth-order valence-electron chi connectivity index (χ4n) is 3.03. The largest absolute Gasteiger partial charge is 0.481 e. The number of anilines is 1. The van der Waals surface area contributed by atoms with Crippen LogP contribution in [0, 0.1) is 0 Å². The summed E-state index contributed by atoms with van der Waals surface area (Å²) in [6, 6.07) is 10.3. The second-order valence-electron chi connectivity index (χ2n) is 5.93. The molecular weight excluding hydrogens is 356 g/mol. The first-order valence-electron chi connectivity index (χ1n) is 7.91. The first-order valence-corrected chi connectivity index (χ1v) is 8.28. The predicted octanol–water partition coefficient (Wildman–Crippen LogP) is 2.94. The number of pyridine rings is 2. The molecule has 8 heteroatoms. The molecule has 4 rings (SSSR count). The number of nitrogens with one attached hydrogen (secondary N) is 1. The molecule has 0 spiro atoms. The zero-order chi connectivity index (χ0) is 18.3. The van der Waals surface area contributed by atoms with Gasteiger partial charge < -0.3 is 14.9 Å². The van der Waals surface area contributed by atoms with Gasteiger partial charge in [0.1, 0.15) is 0 Å². The normalized spacial score (nSPS) is 15.9. The van der Waals surface area contributed by atoms with Gasteiger partial charge in [0.25, 0.3) is 0 Å². The van der Waals surface area contributed by atoms with Gasteiger partial charge in [-0.3, -0.25) is 9.78 Å². The first kappa shape index (κ1) is 16.6. The standard InChI is InChI=1S/C18H15ClN4O3/c1-26-15-5-4-14-16(21-15)17(18(24)25)22-23(14)9-10-2-3-13-11(6-10)7-12(19)8-20-13/h2-8,17,22H,9H2,1H3,(H,24,25). The van der Waals surface area contributed by atoms with Crippen LogP contribution in [-0.2, 0) is 11.3 Å². The third kappa shape index (κ3) is 2.91. The lowest BCUT2D eigenvalue weighted by atomic mass is 10.1. The molecule has 1 unspecified atom stereocenters. The Labute approximate surface area is 154 Å². The number of hydrogen-bond donors (Lipinski definition) is 2. The molecule has 0 aliphatic carbocycles. The maximum Gasteiger partial charge on any atom is 0.328 e. The average molecular weight is 371 g/mol. The van der Waals surface area contributed by atoms with E-state index in [1.54, 1.807) is 23.3 Å². The minimum atomic E-state index is -0.996. The van der Waals surface area contributed by atoms with Crippen LogP contribution in [0.2, 0.25) is 5.02 Å². The van der Waals surface area contributed by atoms with Crippen LogP contribution < -0.4 is 15.2 Å². The second-order valence-corrected chi connectivity index (χ2v) is 6.36. The van der Waals surface area contributed by atoms with E-state index in [-0.39, 0.29) is 0 Å². The van der Waals surface area contributed by atoms with Gasteiger partial charge in [0.2, 0.25) is 5.88 Å². The summed E-state index contributed by atoms with van der Waals surface area (Å²) in [5.74, 6) is -0.617. The minimum absolute atomic E-state index is 0.380. The monoisotopic (exact) mass is 370 g/mol. The van der Waals surface area contributed by atoms with E-state index in [1.165, 1.54) is 7.11 Å². The molecule has 0 amide bonds. The van der Waals surface area contributed by atoms with Gasteiger partial charge in [-0.2, -0.15) is 0 Å². The van der Waals surface area contributed by atoms with E-state index in [9.17, 15) is 9.90 Å². The highest BCUT2D eigenvalue weighted by Crippen LogP contribution is 2.34. The molecule has 1 aliphatic heterocycles. The summed E-state index contributed by atoms with van der Waals surface area (Å²) in [6.07, 6.45) is 1.61. The molecule has 1 atom stereocenters. The van der Waals surface area contributed by atoms with Crippen molar-refractivity contribution in [1.82, 2.24) is 15.4 Å². The van der Waals surface area contributed by atoms with Crippen molar-refractivity contribution in [3.8, 4) is 5.88 Å². The molecule has 0 saturated heterocycles. The number of ether oxygens (including phenoxy) is 1. The number of aromatic nitrogens is 2. The highest BCUT2D eigenvalue weighted by molar-refractivity contribution is 6.31. The molecular formula is C18H15ClN4O3. The van der Waals surface area contributed by atoms with E-state index < -0.39 is 12.0 Å². The maximum atomic E-state index is 11.6. The van der Waals surface area contributed by atoms with E-state index in [0.717, 1.165) is 16.5 Å². The van der Waals surface area contributed by atoms with Gasteiger partial charge in [-0.25, -0.2) is 10.4 Å². The van der Waals surface area contributed by atoms with Crippen LogP contribution in [0.25, 0.3) is 10.9 Å². The summed E-state index contributed by atoms with van der Waals surface area (Å²) in [4.78, 5) is 20.2. The SMILES string of the molecule is COc1ccc2c(n1)C(C(=O)O)NN2Cc1ccc2ncc(Cl)cc2c1. The van der Waals surface area contributed by atoms with Crippen LogP contribution in [0.5, 0.6) is 5.88 Å². The third-order valence-corrected chi connectivity index (χ3v) is 4.44. The molecule has 7 nitrogen and oxygen atoms in total. The number of nitrogens with zero attached hydrogens (tertiary/aromatic N) is 3. The van der Waals surface area contributed by atoms with Gasteiger partial charge in [-0.05, 0) is 29.8 Å². The Bertz CT molecular complexity index is 1010. The first-order chi connectivity index (χ1) is 12.5. The number of fused-ring (bicyclic) bond motifs is 2. The van der Waals surface area contributed by atoms with Gasteiger partial charge in [-0.15, -0.1) is 0 Å². The van der Waals surface area contributed by atoms with E-state index in [4.69, 9.17) is 16.3 Å². The second kappa shape index (κ2) is 6.44. The Morgan fingerprint density at radius 2 is 2.19 bits per heavy atom. The quantitative estimate of drug-likeness (QED) is 0.730. The number of carboxylic acids is 1. The van der Waals surface area contributed by atoms with Crippen LogP contribution >= 0.6 is 11.6 Å². The number of hydrogen-bond acceptors (Lipinski definition) is 6. The van der Waals surface area contributed by atoms with Gasteiger partial charge in [0.05, 0.1) is 35.6 Å². The molecule has 0 radical (unpaired) electrons. The minimum Gasteiger partial charge on any atom is -0.481 e. The number of carbonyl (C=O) groups is 1. The Morgan fingerprint density at radius 3 is 2.96 bits per heavy atom. The Kier molecular flexibility index (Phi) is 4.10. The molecule has 132 valence electrons. The van der Waals surface area contributed by atoms with Crippen molar-refractivity contribution >= 4 is 34.2 Å². The summed E-state index contributed by atoms with van der Waals surface area (Å²) >= 11 is 6.02. The van der Waals surface area contributed by atoms with Crippen LogP contribution in [0.4, 0.5) is 5.69 Å². The van der Waals surface area contributed by atoms with Crippen LogP contribution in [-0.4, -0.2) is 28.2 Å². The van der Waals surface area contributed by atoms with Crippen molar-refractivity contribution in [3.05, 3.63) is 58.9 Å². The van der Waals surface area contributed by atoms with E-state index in [1.807, 2.05) is 24.3 Å². The molecule has 2 aromatic heterocycles. The van der Waals surface area contributed by atoms with Gasteiger partial charge >= 0.3 is 5.97 Å². The molecule has 0 fully saturated rings. The predicted molar refractivity (Wildman–Crippen MR) is 97.2 cm³/mol. The van der Waals surface area contributed by atoms with E-state index >= 15 is 0 Å². The highest BCUT2D eigenvalue weighted by atomic mass is 35.5. The summed E-state index contributed by atoms with van der Waals surface area (Å²) in [7, 11) is 1.50. The molecule has 1 aromatic carbocycles. The van der Waals surface area contributed by atoms with Gasteiger partial charge in [-0.1, -0.05) is 17.7 Å². The fraction of sp³-hybridized carbons (Fsp3) is 0.167. The number of benzene rings is 1. The summed E-state index contributed by atoms with van der Waals surface area (Å²) in [5, 5.41) is 12.8. The van der Waals surface area contributed by atoms with Crippen LogP contribution in [0.3, 0.4) is 0 Å². The van der Waals surface area contributed by atoms with E-state index in [0.29, 0.717) is 28.8 Å². The number of carboxylic acid groups (broad SMARTS) is 1. The number of rotatable bonds is 4. The average Bonchev–Trinajstić information content (AvgIpc) is 2.99. The van der Waals surface area contributed by atoms with Crippen molar-refractivity contribution in [3.63, 3.8) is 0 Å². The summed E-state index contributed by atoms with van der Waals surface area (Å²) < 4.78 is 5.11. The fourth-order valence-corrected chi connectivity index (χ4v) is 3.19. The van der Waals surface area contributed by atoms with Gasteiger partial charge in [0, 0.05) is 17.6 Å². The summed E-state index contributed by atoms with van der Waals surface area (Å²) in [6.45, 7) is 0.466. The molecule has 3 heterocycles. The third-order valence-electron chi connectivity index (χ3n) is 4.24. The van der Waals surface area contributed by atoms with Crippen LogP contribution in [0.15, 0.2) is 42.6 Å². The number of methoxy groups -OCH3 is 1. The molecule has 26 heavy (non-hydrogen) atoms. The zero-order valence-corrected chi connectivity index (χ0v) is 14.6. The van der Waals surface area contributed by atoms with E-state index in [2.05, 4.69) is 15.4 Å². The molecule has 3 aromatic rings. The number of hydrazine groups is 1. The van der Waals surface area contributed by atoms with Crippen molar-refractivity contribution < 1.29 is 14.6 Å². The zero-order valence-electron chi connectivity index (χ0n) is 13.8. The Balaban J connectivity index is 1.68.